The average Bonchev–Trinajstić information content (AvgIpc) is 2.81. The third kappa shape index (κ3) is 2.91. The van der Waals surface area contributed by atoms with E-state index in [1.165, 1.54) is 5.56 Å². The second-order valence-electron chi connectivity index (χ2n) is 3.96. The Labute approximate surface area is 118 Å². The van der Waals surface area contributed by atoms with E-state index >= 15 is 0 Å². The van der Waals surface area contributed by atoms with E-state index in [-0.39, 0.29) is 5.56 Å². The number of halogens is 1. The Morgan fingerprint density at radius 1 is 1.44 bits per heavy atom. The van der Waals surface area contributed by atoms with Crippen LogP contribution in [0.2, 0.25) is 0 Å². The van der Waals surface area contributed by atoms with Crippen LogP contribution in [0.1, 0.15) is 15.9 Å². The predicted molar refractivity (Wildman–Crippen MR) is 77.5 cm³/mol. The Morgan fingerprint density at radius 3 is 2.78 bits per heavy atom. The topological polar surface area (TPSA) is 40.5 Å². The lowest BCUT2D eigenvalue weighted by Crippen LogP contribution is -2.16. The summed E-state index contributed by atoms with van der Waals surface area (Å²) in [6, 6.07) is 7.35. The van der Waals surface area contributed by atoms with Crippen LogP contribution >= 0.6 is 27.3 Å². The van der Waals surface area contributed by atoms with E-state index in [4.69, 9.17) is 5.11 Å². The van der Waals surface area contributed by atoms with Crippen molar-refractivity contribution in [2.24, 2.45) is 0 Å². The van der Waals surface area contributed by atoms with Gasteiger partial charge in [-0.15, -0.1) is 0 Å². The largest absolute Gasteiger partial charge is 0.478 e. The summed E-state index contributed by atoms with van der Waals surface area (Å²) in [6.07, 6.45) is 0. The zero-order chi connectivity index (χ0) is 13.1. The van der Waals surface area contributed by atoms with E-state index in [9.17, 15) is 4.79 Å². The standard InChI is InChI=1S/C13H12BrNO2S/c1-15(7-9-4-5-18-8-9)10-2-3-11(13(16)17)12(14)6-10/h2-6,8H,7H2,1H3,(H,16,17). The summed E-state index contributed by atoms with van der Waals surface area (Å²) in [6.45, 7) is 0.808. The number of hydrogen-bond acceptors (Lipinski definition) is 3. The molecule has 3 nitrogen and oxygen atoms in total. The predicted octanol–water partition coefficient (Wildman–Crippen LogP) is 3.85. The maximum atomic E-state index is 10.9. The lowest BCUT2D eigenvalue weighted by Gasteiger charge is -2.19. The molecule has 0 unspecified atom stereocenters. The first-order chi connectivity index (χ1) is 8.58. The highest BCUT2D eigenvalue weighted by molar-refractivity contribution is 9.10. The first-order valence-corrected chi connectivity index (χ1v) is 7.06. The van der Waals surface area contributed by atoms with Crippen molar-refractivity contribution in [3.8, 4) is 0 Å². The van der Waals surface area contributed by atoms with Crippen LogP contribution in [0.4, 0.5) is 5.69 Å². The molecule has 1 aromatic heterocycles. The molecule has 0 aliphatic heterocycles. The molecule has 1 N–H and O–H groups in total. The maximum Gasteiger partial charge on any atom is 0.336 e. The maximum absolute atomic E-state index is 10.9. The third-order valence-electron chi connectivity index (χ3n) is 2.62. The molecular formula is C13H12BrNO2S. The molecule has 0 spiro atoms. The Hall–Kier alpha value is -1.33. The van der Waals surface area contributed by atoms with Gasteiger partial charge < -0.3 is 10.0 Å². The third-order valence-corrected chi connectivity index (χ3v) is 4.01. The van der Waals surface area contributed by atoms with Crippen molar-refractivity contribution in [2.75, 3.05) is 11.9 Å². The summed E-state index contributed by atoms with van der Waals surface area (Å²) < 4.78 is 0.602. The second-order valence-corrected chi connectivity index (χ2v) is 5.59. The van der Waals surface area contributed by atoms with Gasteiger partial charge in [0.05, 0.1) is 5.56 Å². The van der Waals surface area contributed by atoms with Gasteiger partial charge in [-0.05, 0) is 56.5 Å². The SMILES string of the molecule is CN(Cc1ccsc1)c1ccc(C(=O)O)c(Br)c1. The van der Waals surface area contributed by atoms with Gasteiger partial charge in [-0.25, -0.2) is 4.79 Å². The molecule has 0 amide bonds. The van der Waals surface area contributed by atoms with Gasteiger partial charge >= 0.3 is 5.97 Å². The van der Waals surface area contributed by atoms with Crippen LogP contribution in [0.15, 0.2) is 39.5 Å². The summed E-state index contributed by atoms with van der Waals surface area (Å²) in [5, 5.41) is 13.1. The van der Waals surface area contributed by atoms with Crippen LogP contribution < -0.4 is 4.90 Å². The highest BCUT2D eigenvalue weighted by atomic mass is 79.9. The Balaban J connectivity index is 2.18. The summed E-state index contributed by atoms with van der Waals surface area (Å²) in [4.78, 5) is 13.0. The fraction of sp³-hybridized carbons (Fsp3) is 0.154. The van der Waals surface area contributed by atoms with Gasteiger partial charge in [0, 0.05) is 23.8 Å². The molecule has 0 bridgehead atoms. The molecule has 94 valence electrons. The van der Waals surface area contributed by atoms with Crippen molar-refractivity contribution >= 4 is 38.9 Å². The average molecular weight is 326 g/mol. The molecule has 2 aromatic rings. The van der Waals surface area contributed by atoms with E-state index in [1.54, 1.807) is 17.4 Å². The van der Waals surface area contributed by atoms with Crippen LogP contribution in [0.25, 0.3) is 0 Å². The summed E-state index contributed by atoms with van der Waals surface area (Å²) in [5.74, 6) is -0.922. The Kier molecular flexibility index (Phi) is 4.04. The number of aromatic carboxylic acids is 1. The number of carboxylic acid groups (broad SMARTS) is 1. The molecule has 0 fully saturated rings. The molecule has 0 radical (unpaired) electrons. The number of thiophene rings is 1. The fourth-order valence-corrected chi connectivity index (χ4v) is 2.86. The number of carbonyl (C=O) groups is 1. The van der Waals surface area contributed by atoms with E-state index in [0.29, 0.717) is 4.47 Å². The van der Waals surface area contributed by atoms with Crippen LogP contribution in [0, 0.1) is 0 Å². The lowest BCUT2D eigenvalue weighted by molar-refractivity contribution is 0.0696. The van der Waals surface area contributed by atoms with Gasteiger partial charge in [0.25, 0.3) is 0 Å². The zero-order valence-electron chi connectivity index (χ0n) is 9.76. The van der Waals surface area contributed by atoms with Crippen molar-refractivity contribution in [2.45, 2.75) is 6.54 Å². The van der Waals surface area contributed by atoms with E-state index < -0.39 is 5.97 Å². The highest BCUT2D eigenvalue weighted by Crippen LogP contribution is 2.24. The van der Waals surface area contributed by atoms with E-state index in [2.05, 4.69) is 32.3 Å². The minimum atomic E-state index is -0.922. The highest BCUT2D eigenvalue weighted by Gasteiger charge is 2.10. The number of benzene rings is 1. The number of hydrogen-bond donors (Lipinski definition) is 1. The fourth-order valence-electron chi connectivity index (χ4n) is 1.66. The molecule has 0 atom stereocenters. The van der Waals surface area contributed by atoms with Gasteiger partial charge in [0.2, 0.25) is 0 Å². The van der Waals surface area contributed by atoms with Crippen LogP contribution in [0.5, 0.6) is 0 Å². The van der Waals surface area contributed by atoms with Crippen molar-refractivity contribution in [1.29, 1.82) is 0 Å². The molecule has 0 saturated carbocycles. The quantitative estimate of drug-likeness (QED) is 0.928. The lowest BCUT2D eigenvalue weighted by atomic mass is 10.2. The smallest absolute Gasteiger partial charge is 0.336 e. The van der Waals surface area contributed by atoms with Crippen LogP contribution in [-0.4, -0.2) is 18.1 Å². The van der Waals surface area contributed by atoms with Gasteiger partial charge in [0.15, 0.2) is 0 Å². The van der Waals surface area contributed by atoms with Gasteiger partial charge in [-0.1, -0.05) is 0 Å². The minimum absolute atomic E-state index is 0.280. The molecule has 0 saturated heterocycles. The summed E-state index contributed by atoms with van der Waals surface area (Å²) in [7, 11) is 1.99. The summed E-state index contributed by atoms with van der Waals surface area (Å²) >= 11 is 4.96. The molecule has 1 heterocycles. The van der Waals surface area contributed by atoms with E-state index in [0.717, 1.165) is 12.2 Å². The number of rotatable bonds is 4. The van der Waals surface area contributed by atoms with Gasteiger partial charge in [-0.2, -0.15) is 11.3 Å². The van der Waals surface area contributed by atoms with Gasteiger partial charge in [-0.3, -0.25) is 0 Å². The van der Waals surface area contributed by atoms with Gasteiger partial charge in [0.1, 0.15) is 0 Å². The zero-order valence-corrected chi connectivity index (χ0v) is 12.2. The second kappa shape index (κ2) is 5.54. The molecule has 0 aliphatic rings. The minimum Gasteiger partial charge on any atom is -0.478 e. The number of anilines is 1. The Morgan fingerprint density at radius 2 is 2.22 bits per heavy atom. The number of nitrogens with zero attached hydrogens (tertiary/aromatic N) is 1. The molecule has 2 rings (SSSR count). The van der Waals surface area contributed by atoms with Crippen molar-refractivity contribution in [3.63, 3.8) is 0 Å². The monoisotopic (exact) mass is 325 g/mol. The first kappa shape index (κ1) is 13.1. The molecule has 5 heteroatoms. The first-order valence-electron chi connectivity index (χ1n) is 5.33. The normalized spacial score (nSPS) is 10.3. The van der Waals surface area contributed by atoms with Crippen molar-refractivity contribution in [3.05, 3.63) is 50.6 Å². The van der Waals surface area contributed by atoms with E-state index in [1.807, 2.05) is 24.6 Å². The molecule has 18 heavy (non-hydrogen) atoms. The van der Waals surface area contributed by atoms with Crippen LogP contribution in [0.3, 0.4) is 0 Å². The molecule has 0 aliphatic carbocycles. The summed E-state index contributed by atoms with van der Waals surface area (Å²) in [5.41, 5.74) is 2.52. The van der Waals surface area contributed by atoms with Crippen molar-refractivity contribution < 1.29 is 9.90 Å². The number of carboxylic acids is 1. The molecular weight excluding hydrogens is 314 g/mol. The van der Waals surface area contributed by atoms with Crippen LogP contribution in [-0.2, 0) is 6.54 Å². The van der Waals surface area contributed by atoms with Crippen molar-refractivity contribution in [1.82, 2.24) is 0 Å². The molecule has 1 aromatic carbocycles. The Bertz CT molecular complexity index is 554.